The average molecular weight is 296 g/mol. The molecular weight excluding hydrogens is 282 g/mol. The van der Waals surface area contributed by atoms with E-state index in [0.717, 1.165) is 42.6 Å². The summed E-state index contributed by atoms with van der Waals surface area (Å²) in [7, 11) is 0. The molecule has 1 aromatic rings. The number of allylic oxidation sites excluding steroid dienone is 1. The Morgan fingerprint density at radius 1 is 1.29 bits per heavy atom. The number of halogens is 1. The summed E-state index contributed by atoms with van der Waals surface area (Å²) in [6.45, 7) is 1.44. The van der Waals surface area contributed by atoms with Gasteiger partial charge in [-0.3, -0.25) is 4.98 Å². The van der Waals surface area contributed by atoms with E-state index in [2.05, 4.69) is 27.0 Å². The van der Waals surface area contributed by atoms with Crippen LogP contribution in [0.5, 0.6) is 0 Å². The van der Waals surface area contributed by atoms with Gasteiger partial charge in [-0.2, -0.15) is 0 Å². The van der Waals surface area contributed by atoms with Crippen LogP contribution >= 0.6 is 15.9 Å². The molecule has 0 atom stereocenters. The van der Waals surface area contributed by atoms with Crippen molar-refractivity contribution >= 4 is 21.5 Å². The second-order valence-corrected chi connectivity index (χ2v) is 5.23. The van der Waals surface area contributed by atoms with E-state index in [4.69, 9.17) is 9.47 Å². The molecule has 0 saturated carbocycles. The molecule has 17 heavy (non-hydrogen) atoms. The monoisotopic (exact) mass is 295 g/mol. The Bertz CT molecular complexity index is 452. The van der Waals surface area contributed by atoms with Gasteiger partial charge in [0.1, 0.15) is 0 Å². The summed E-state index contributed by atoms with van der Waals surface area (Å²) in [5.74, 6) is -0.343. The van der Waals surface area contributed by atoms with E-state index in [1.807, 2.05) is 18.3 Å². The molecular formula is C13H14BrNO2. The molecule has 0 radical (unpaired) electrons. The molecule has 1 aromatic heterocycles. The maximum absolute atomic E-state index is 5.70. The Labute approximate surface area is 109 Å². The topological polar surface area (TPSA) is 31.4 Å². The predicted molar refractivity (Wildman–Crippen MR) is 68.4 cm³/mol. The Hall–Kier alpha value is -0.710. The minimum absolute atomic E-state index is 0.343. The molecule has 1 aliphatic carbocycles. The highest BCUT2D eigenvalue weighted by molar-refractivity contribution is 9.10. The summed E-state index contributed by atoms with van der Waals surface area (Å²) in [4.78, 5) is 4.42. The molecule has 0 amide bonds. The summed E-state index contributed by atoms with van der Waals surface area (Å²) in [6.07, 6.45) is 6.72. The van der Waals surface area contributed by atoms with Crippen LogP contribution in [0, 0.1) is 0 Å². The van der Waals surface area contributed by atoms with Crippen LogP contribution < -0.4 is 0 Å². The lowest BCUT2D eigenvalue weighted by Crippen LogP contribution is -2.31. The SMILES string of the molecule is Brc1cccnc1C1=CCC2(CC1)OCCO2. The van der Waals surface area contributed by atoms with Gasteiger partial charge in [0.2, 0.25) is 0 Å². The van der Waals surface area contributed by atoms with Crippen molar-refractivity contribution in [3.63, 3.8) is 0 Å². The highest BCUT2D eigenvalue weighted by Crippen LogP contribution is 2.38. The standard InChI is InChI=1S/C13H14BrNO2/c14-11-2-1-7-15-12(11)10-3-5-13(6-4-10)16-8-9-17-13/h1-3,7H,4-6,8-9H2. The van der Waals surface area contributed by atoms with Crippen molar-refractivity contribution in [3.8, 4) is 0 Å². The van der Waals surface area contributed by atoms with Crippen molar-refractivity contribution in [2.45, 2.75) is 25.0 Å². The van der Waals surface area contributed by atoms with Gasteiger partial charge in [0.25, 0.3) is 0 Å². The molecule has 0 N–H and O–H groups in total. The number of hydrogen-bond acceptors (Lipinski definition) is 3. The van der Waals surface area contributed by atoms with Gasteiger partial charge in [-0.05, 0) is 40.1 Å². The summed E-state index contributed by atoms with van der Waals surface area (Å²) in [5.41, 5.74) is 2.32. The van der Waals surface area contributed by atoms with Crippen LogP contribution in [0.2, 0.25) is 0 Å². The van der Waals surface area contributed by atoms with E-state index in [1.165, 1.54) is 5.57 Å². The third-order valence-corrected chi connectivity index (χ3v) is 3.95. The zero-order valence-corrected chi connectivity index (χ0v) is 11.1. The van der Waals surface area contributed by atoms with Crippen molar-refractivity contribution in [2.75, 3.05) is 13.2 Å². The lowest BCUT2D eigenvalue weighted by atomic mass is 9.92. The van der Waals surface area contributed by atoms with E-state index >= 15 is 0 Å². The van der Waals surface area contributed by atoms with Crippen LogP contribution in [-0.4, -0.2) is 24.0 Å². The minimum atomic E-state index is -0.343. The fraction of sp³-hybridized carbons (Fsp3) is 0.462. The van der Waals surface area contributed by atoms with Crippen molar-refractivity contribution in [2.24, 2.45) is 0 Å². The van der Waals surface area contributed by atoms with Crippen molar-refractivity contribution in [1.29, 1.82) is 0 Å². The molecule has 1 spiro atoms. The minimum Gasteiger partial charge on any atom is -0.347 e. The highest BCUT2D eigenvalue weighted by Gasteiger charge is 2.37. The summed E-state index contributed by atoms with van der Waals surface area (Å²) >= 11 is 3.54. The first-order valence-electron chi connectivity index (χ1n) is 5.87. The molecule has 2 heterocycles. The normalized spacial score (nSPS) is 22.8. The molecule has 1 aliphatic heterocycles. The fourth-order valence-corrected chi connectivity index (χ4v) is 2.91. The summed E-state index contributed by atoms with van der Waals surface area (Å²) in [5, 5.41) is 0. The molecule has 2 aliphatic rings. The first kappa shape index (κ1) is 11.4. The van der Waals surface area contributed by atoms with Gasteiger partial charge in [0.15, 0.2) is 5.79 Å². The smallest absolute Gasteiger partial charge is 0.172 e. The molecule has 1 fully saturated rings. The number of aromatic nitrogens is 1. The predicted octanol–water partition coefficient (Wildman–Crippen LogP) is 3.15. The number of hydrogen-bond donors (Lipinski definition) is 0. The quantitative estimate of drug-likeness (QED) is 0.797. The van der Waals surface area contributed by atoms with E-state index in [-0.39, 0.29) is 5.79 Å². The van der Waals surface area contributed by atoms with Gasteiger partial charge in [-0.15, -0.1) is 0 Å². The number of rotatable bonds is 1. The van der Waals surface area contributed by atoms with Gasteiger partial charge in [-0.1, -0.05) is 6.08 Å². The third-order valence-electron chi connectivity index (χ3n) is 3.31. The Morgan fingerprint density at radius 3 is 2.76 bits per heavy atom. The third kappa shape index (κ3) is 2.17. The summed E-state index contributed by atoms with van der Waals surface area (Å²) < 4.78 is 12.4. The molecule has 0 bridgehead atoms. The van der Waals surface area contributed by atoms with Crippen LogP contribution in [0.3, 0.4) is 0 Å². The number of pyridine rings is 1. The van der Waals surface area contributed by atoms with E-state index < -0.39 is 0 Å². The van der Waals surface area contributed by atoms with E-state index in [1.54, 1.807) is 0 Å². The lowest BCUT2D eigenvalue weighted by Gasteiger charge is -2.30. The number of ether oxygens (including phenoxy) is 2. The maximum Gasteiger partial charge on any atom is 0.172 e. The fourth-order valence-electron chi connectivity index (χ4n) is 2.40. The van der Waals surface area contributed by atoms with Crippen molar-refractivity contribution in [1.82, 2.24) is 4.98 Å². The molecule has 0 unspecified atom stereocenters. The van der Waals surface area contributed by atoms with Crippen LogP contribution in [0.1, 0.15) is 25.0 Å². The zero-order chi connectivity index (χ0) is 11.7. The molecule has 90 valence electrons. The van der Waals surface area contributed by atoms with Crippen LogP contribution in [0.25, 0.3) is 5.57 Å². The maximum atomic E-state index is 5.70. The second-order valence-electron chi connectivity index (χ2n) is 4.37. The van der Waals surface area contributed by atoms with Crippen molar-refractivity contribution in [3.05, 3.63) is 34.6 Å². The largest absolute Gasteiger partial charge is 0.347 e. The molecule has 3 rings (SSSR count). The van der Waals surface area contributed by atoms with Crippen LogP contribution in [0.15, 0.2) is 28.9 Å². The van der Waals surface area contributed by atoms with E-state index in [9.17, 15) is 0 Å². The van der Waals surface area contributed by atoms with Gasteiger partial charge in [0, 0.05) is 23.5 Å². The first-order valence-corrected chi connectivity index (χ1v) is 6.66. The van der Waals surface area contributed by atoms with Crippen molar-refractivity contribution < 1.29 is 9.47 Å². The molecule has 3 nitrogen and oxygen atoms in total. The Morgan fingerprint density at radius 2 is 2.12 bits per heavy atom. The van der Waals surface area contributed by atoms with Gasteiger partial charge >= 0.3 is 0 Å². The van der Waals surface area contributed by atoms with Gasteiger partial charge < -0.3 is 9.47 Å². The molecule has 0 aromatic carbocycles. The lowest BCUT2D eigenvalue weighted by molar-refractivity contribution is -0.159. The van der Waals surface area contributed by atoms with Gasteiger partial charge in [-0.25, -0.2) is 0 Å². The highest BCUT2D eigenvalue weighted by atomic mass is 79.9. The summed E-state index contributed by atoms with van der Waals surface area (Å²) in [6, 6.07) is 3.96. The zero-order valence-electron chi connectivity index (χ0n) is 9.49. The number of nitrogens with zero attached hydrogens (tertiary/aromatic N) is 1. The van der Waals surface area contributed by atoms with E-state index in [0.29, 0.717) is 0 Å². The average Bonchev–Trinajstić information content (AvgIpc) is 2.80. The van der Waals surface area contributed by atoms with Crippen LogP contribution in [0.4, 0.5) is 0 Å². The molecule has 1 saturated heterocycles. The molecule has 4 heteroatoms. The Kier molecular flexibility index (Phi) is 3.03. The second kappa shape index (κ2) is 4.52. The Balaban J connectivity index is 1.83. The van der Waals surface area contributed by atoms with Gasteiger partial charge in [0.05, 0.1) is 18.9 Å². The van der Waals surface area contributed by atoms with Crippen LogP contribution in [-0.2, 0) is 9.47 Å². The first-order chi connectivity index (χ1) is 8.29.